The number of nitro benzene ring substituents is 1. The Labute approximate surface area is 122 Å². The Hall–Kier alpha value is -2.15. The summed E-state index contributed by atoms with van der Waals surface area (Å²) in [7, 11) is 0. The minimum atomic E-state index is -0.544. The quantitative estimate of drug-likeness (QED) is 0.637. The smallest absolute Gasteiger partial charge is 0.313 e. The lowest BCUT2D eigenvalue weighted by Crippen LogP contribution is -2.41. The number of nitrogens with one attached hydrogen (secondary N) is 1. The highest BCUT2D eigenvalue weighted by Gasteiger charge is 2.25. The maximum atomic E-state index is 11.4. The molecule has 1 amide bonds. The van der Waals surface area contributed by atoms with Crippen LogP contribution in [0.15, 0.2) is 12.1 Å². The standard InChI is InChI=1S/C14H19N3O4/c1-3-14(2,15)8-21-12-6-9-4-5-13(18)16-10(9)7-11(12)17(19)20/h6-7H,3-5,8,15H2,1-2H3,(H,16,18). The van der Waals surface area contributed by atoms with Gasteiger partial charge in [-0.1, -0.05) is 6.92 Å². The fourth-order valence-electron chi connectivity index (χ4n) is 2.00. The number of carbonyl (C=O) groups is 1. The monoisotopic (exact) mass is 293 g/mol. The maximum Gasteiger partial charge on any atom is 0.313 e. The third-order valence-electron chi connectivity index (χ3n) is 3.64. The first-order valence-electron chi connectivity index (χ1n) is 6.85. The van der Waals surface area contributed by atoms with Crippen LogP contribution >= 0.6 is 0 Å². The van der Waals surface area contributed by atoms with Crippen LogP contribution in [0.25, 0.3) is 0 Å². The van der Waals surface area contributed by atoms with E-state index in [1.54, 1.807) is 6.07 Å². The minimum Gasteiger partial charge on any atom is -0.485 e. The largest absolute Gasteiger partial charge is 0.485 e. The highest BCUT2D eigenvalue weighted by Crippen LogP contribution is 2.36. The summed E-state index contributed by atoms with van der Waals surface area (Å²) in [6.07, 6.45) is 1.61. The lowest BCUT2D eigenvalue weighted by molar-refractivity contribution is -0.385. The highest BCUT2D eigenvalue weighted by molar-refractivity contribution is 5.94. The topological polar surface area (TPSA) is 107 Å². The van der Waals surface area contributed by atoms with E-state index in [1.165, 1.54) is 6.07 Å². The molecule has 1 aromatic rings. The van der Waals surface area contributed by atoms with Crippen LogP contribution in [0.2, 0.25) is 0 Å². The summed E-state index contributed by atoms with van der Waals surface area (Å²) < 4.78 is 5.57. The van der Waals surface area contributed by atoms with Crippen molar-refractivity contribution in [2.45, 2.75) is 38.6 Å². The van der Waals surface area contributed by atoms with Crippen LogP contribution in [-0.4, -0.2) is 23.0 Å². The van der Waals surface area contributed by atoms with Gasteiger partial charge in [0.1, 0.15) is 6.61 Å². The molecule has 1 aliphatic rings. The lowest BCUT2D eigenvalue weighted by Gasteiger charge is -2.23. The first-order chi connectivity index (χ1) is 9.82. The number of benzene rings is 1. The number of hydrogen-bond donors (Lipinski definition) is 2. The predicted molar refractivity (Wildman–Crippen MR) is 78.4 cm³/mol. The predicted octanol–water partition coefficient (Wildman–Crippen LogP) is 1.99. The number of nitro groups is 1. The van der Waals surface area contributed by atoms with E-state index in [0.717, 1.165) is 5.56 Å². The number of amides is 1. The molecule has 1 heterocycles. The summed E-state index contributed by atoms with van der Waals surface area (Å²) in [6.45, 7) is 3.95. The van der Waals surface area contributed by atoms with Crippen LogP contribution in [0, 0.1) is 10.1 Å². The van der Waals surface area contributed by atoms with E-state index < -0.39 is 10.5 Å². The maximum absolute atomic E-state index is 11.4. The molecule has 21 heavy (non-hydrogen) atoms. The van der Waals surface area contributed by atoms with Crippen molar-refractivity contribution in [1.82, 2.24) is 0 Å². The zero-order chi connectivity index (χ0) is 15.6. The van der Waals surface area contributed by atoms with Gasteiger partial charge in [-0.25, -0.2) is 0 Å². The van der Waals surface area contributed by atoms with Crippen molar-refractivity contribution < 1.29 is 14.5 Å². The third kappa shape index (κ3) is 3.49. The number of nitrogens with zero attached hydrogens (tertiary/aromatic N) is 1. The second kappa shape index (κ2) is 5.69. The van der Waals surface area contributed by atoms with E-state index in [2.05, 4.69) is 5.32 Å². The Morgan fingerprint density at radius 3 is 2.81 bits per heavy atom. The molecule has 114 valence electrons. The molecule has 1 aromatic carbocycles. The number of rotatable bonds is 5. The molecule has 0 saturated heterocycles. The van der Waals surface area contributed by atoms with Gasteiger partial charge in [0, 0.05) is 18.0 Å². The van der Waals surface area contributed by atoms with E-state index in [-0.39, 0.29) is 24.0 Å². The van der Waals surface area contributed by atoms with Gasteiger partial charge in [-0.15, -0.1) is 0 Å². The zero-order valence-electron chi connectivity index (χ0n) is 12.1. The summed E-state index contributed by atoms with van der Waals surface area (Å²) in [5, 5.41) is 13.8. The second-order valence-electron chi connectivity index (χ2n) is 5.58. The zero-order valence-corrected chi connectivity index (χ0v) is 12.1. The van der Waals surface area contributed by atoms with Crippen molar-refractivity contribution in [3.63, 3.8) is 0 Å². The average Bonchev–Trinajstić information content (AvgIpc) is 2.44. The highest BCUT2D eigenvalue weighted by atomic mass is 16.6. The number of fused-ring (bicyclic) bond motifs is 1. The summed E-state index contributed by atoms with van der Waals surface area (Å²) in [4.78, 5) is 22.0. The molecule has 2 rings (SSSR count). The Balaban J connectivity index is 2.31. The molecule has 0 spiro atoms. The van der Waals surface area contributed by atoms with E-state index >= 15 is 0 Å². The van der Waals surface area contributed by atoms with Crippen molar-refractivity contribution in [2.75, 3.05) is 11.9 Å². The normalized spacial score (nSPS) is 16.6. The van der Waals surface area contributed by atoms with Gasteiger partial charge >= 0.3 is 5.69 Å². The molecule has 0 bridgehead atoms. The van der Waals surface area contributed by atoms with Crippen molar-refractivity contribution in [1.29, 1.82) is 0 Å². The van der Waals surface area contributed by atoms with Crippen molar-refractivity contribution in [3.05, 3.63) is 27.8 Å². The Kier molecular flexibility index (Phi) is 4.13. The number of anilines is 1. The van der Waals surface area contributed by atoms with Gasteiger partial charge in [0.05, 0.1) is 10.6 Å². The Morgan fingerprint density at radius 2 is 2.19 bits per heavy atom. The number of hydrogen-bond acceptors (Lipinski definition) is 5. The van der Waals surface area contributed by atoms with Gasteiger partial charge in [0.15, 0.2) is 5.75 Å². The molecule has 7 heteroatoms. The second-order valence-corrected chi connectivity index (χ2v) is 5.58. The van der Waals surface area contributed by atoms with E-state index in [1.807, 2.05) is 13.8 Å². The van der Waals surface area contributed by atoms with E-state index in [4.69, 9.17) is 10.5 Å². The molecular formula is C14H19N3O4. The van der Waals surface area contributed by atoms with Crippen LogP contribution in [0.4, 0.5) is 11.4 Å². The molecule has 0 saturated carbocycles. The van der Waals surface area contributed by atoms with Crippen LogP contribution in [0.3, 0.4) is 0 Å². The van der Waals surface area contributed by atoms with Crippen molar-refractivity contribution >= 4 is 17.3 Å². The molecule has 0 aromatic heterocycles. The molecule has 1 atom stereocenters. The van der Waals surface area contributed by atoms with Crippen LogP contribution in [-0.2, 0) is 11.2 Å². The van der Waals surface area contributed by atoms with Gasteiger partial charge in [-0.2, -0.15) is 0 Å². The van der Waals surface area contributed by atoms with Gasteiger partial charge in [-0.3, -0.25) is 14.9 Å². The first-order valence-corrected chi connectivity index (χ1v) is 6.85. The number of aryl methyl sites for hydroxylation is 1. The average molecular weight is 293 g/mol. The molecule has 1 unspecified atom stereocenters. The molecule has 3 N–H and O–H groups in total. The lowest BCUT2D eigenvalue weighted by atomic mass is 10.0. The van der Waals surface area contributed by atoms with E-state index in [9.17, 15) is 14.9 Å². The fourth-order valence-corrected chi connectivity index (χ4v) is 2.00. The fraction of sp³-hybridized carbons (Fsp3) is 0.500. The van der Waals surface area contributed by atoms with Gasteiger partial charge < -0.3 is 15.8 Å². The van der Waals surface area contributed by atoms with E-state index in [0.29, 0.717) is 24.9 Å². The molecule has 0 radical (unpaired) electrons. The third-order valence-corrected chi connectivity index (χ3v) is 3.64. The van der Waals surface area contributed by atoms with Gasteiger partial charge in [0.25, 0.3) is 0 Å². The Morgan fingerprint density at radius 1 is 1.48 bits per heavy atom. The number of nitrogens with two attached hydrogens (primary N) is 1. The molecule has 0 fully saturated rings. The number of ether oxygens (including phenoxy) is 1. The molecule has 1 aliphatic heterocycles. The van der Waals surface area contributed by atoms with Crippen LogP contribution < -0.4 is 15.8 Å². The molecular weight excluding hydrogens is 274 g/mol. The van der Waals surface area contributed by atoms with Crippen molar-refractivity contribution in [3.8, 4) is 5.75 Å². The Bertz CT molecular complexity index is 584. The van der Waals surface area contributed by atoms with Crippen molar-refractivity contribution in [2.24, 2.45) is 5.73 Å². The summed E-state index contributed by atoms with van der Waals surface area (Å²) in [5.74, 6) is 0.0611. The minimum absolute atomic E-state index is 0.133. The summed E-state index contributed by atoms with van der Waals surface area (Å²) in [5.41, 5.74) is 6.61. The van der Waals surface area contributed by atoms with Crippen LogP contribution in [0.1, 0.15) is 32.3 Å². The van der Waals surface area contributed by atoms with Gasteiger partial charge in [0.2, 0.25) is 5.91 Å². The summed E-state index contributed by atoms with van der Waals surface area (Å²) in [6, 6.07) is 2.97. The molecule has 7 nitrogen and oxygen atoms in total. The SMILES string of the molecule is CCC(C)(N)COc1cc2c(cc1[N+](=O)[O-])NC(=O)CC2. The molecule has 0 aliphatic carbocycles. The number of carbonyl (C=O) groups excluding carboxylic acids is 1. The van der Waals surface area contributed by atoms with Gasteiger partial charge in [-0.05, 0) is 31.4 Å². The van der Waals surface area contributed by atoms with Crippen LogP contribution in [0.5, 0.6) is 5.75 Å². The first kappa shape index (κ1) is 15.2. The summed E-state index contributed by atoms with van der Waals surface area (Å²) >= 11 is 0.